The van der Waals surface area contributed by atoms with Crippen LogP contribution in [0.1, 0.15) is 29.3 Å². The standard InChI is InChI=1S/C25H29N3O3S/c1-18-8-10-20(11-9-18)23(29)19(2)32-25-26-22-7-4-3-6-21(22)24(30)28(25)13-5-12-27-14-16-31-17-15-27/h3-4,6-11,19H,5,12-17H2,1-2H3. The minimum Gasteiger partial charge on any atom is -0.379 e. The Labute approximate surface area is 192 Å². The van der Waals surface area contributed by atoms with E-state index in [1.54, 1.807) is 4.57 Å². The molecule has 0 spiro atoms. The summed E-state index contributed by atoms with van der Waals surface area (Å²) in [6.45, 7) is 8.73. The quantitative estimate of drug-likeness (QED) is 0.295. The van der Waals surface area contributed by atoms with Crippen LogP contribution < -0.4 is 5.56 Å². The van der Waals surface area contributed by atoms with Crippen LogP contribution in [0.3, 0.4) is 0 Å². The van der Waals surface area contributed by atoms with Crippen LogP contribution in [0.2, 0.25) is 0 Å². The van der Waals surface area contributed by atoms with Crippen molar-refractivity contribution in [1.29, 1.82) is 0 Å². The lowest BCUT2D eigenvalue weighted by atomic mass is 10.1. The van der Waals surface area contributed by atoms with E-state index in [1.807, 2.05) is 62.4 Å². The molecule has 6 nitrogen and oxygen atoms in total. The van der Waals surface area contributed by atoms with Crippen LogP contribution in [0.25, 0.3) is 10.9 Å². The number of ketones is 1. The molecular weight excluding hydrogens is 422 g/mol. The minimum atomic E-state index is -0.351. The van der Waals surface area contributed by atoms with Crippen molar-refractivity contribution in [2.24, 2.45) is 0 Å². The van der Waals surface area contributed by atoms with Gasteiger partial charge in [0, 0.05) is 31.7 Å². The minimum absolute atomic E-state index is 0.0391. The number of carbonyl (C=O) groups excluding carboxylic acids is 1. The maximum atomic E-state index is 13.3. The summed E-state index contributed by atoms with van der Waals surface area (Å²) in [5.41, 5.74) is 2.42. The average molecular weight is 452 g/mol. The van der Waals surface area contributed by atoms with Gasteiger partial charge in [0.2, 0.25) is 0 Å². The second kappa shape index (κ2) is 10.4. The number of aryl methyl sites for hydroxylation is 1. The molecule has 0 aliphatic carbocycles. The van der Waals surface area contributed by atoms with Gasteiger partial charge in [-0.2, -0.15) is 0 Å². The van der Waals surface area contributed by atoms with Crippen LogP contribution in [0, 0.1) is 6.92 Å². The van der Waals surface area contributed by atoms with Gasteiger partial charge in [0.1, 0.15) is 0 Å². The smallest absolute Gasteiger partial charge is 0.262 e. The molecule has 7 heteroatoms. The maximum absolute atomic E-state index is 13.3. The van der Waals surface area contributed by atoms with Crippen LogP contribution in [0.5, 0.6) is 0 Å². The molecule has 2 aromatic carbocycles. The van der Waals surface area contributed by atoms with Crippen LogP contribution in [-0.2, 0) is 11.3 Å². The Bertz CT molecular complexity index is 1140. The van der Waals surface area contributed by atoms with Gasteiger partial charge in [-0.25, -0.2) is 4.98 Å². The molecular formula is C25H29N3O3S. The van der Waals surface area contributed by atoms with Crippen molar-refractivity contribution in [3.05, 3.63) is 70.0 Å². The summed E-state index contributed by atoms with van der Waals surface area (Å²) >= 11 is 1.36. The number of hydrogen-bond acceptors (Lipinski definition) is 6. The number of benzene rings is 2. The fourth-order valence-corrected chi connectivity index (χ4v) is 4.89. The van der Waals surface area contributed by atoms with Crippen molar-refractivity contribution >= 4 is 28.4 Å². The molecule has 168 valence electrons. The van der Waals surface area contributed by atoms with E-state index in [9.17, 15) is 9.59 Å². The zero-order chi connectivity index (χ0) is 22.5. The number of rotatable bonds is 8. The van der Waals surface area contributed by atoms with Gasteiger partial charge in [-0.3, -0.25) is 19.1 Å². The summed E-state index contributed by atoms with van der Waals surface area (Å²) in [6.07, 6.45) is 0.841. The third-order valence-electron chi connectivity index (χ3n) is 5.77. The Hall–Kier alpha value is -2.48. The highest BCUT2D eigenvalue weighted by Crippen LogP contribution is 2.25. The SMILES string of the molecule is Cc1ccc(C(=O)C(C)Sc2nc3ccccc3c(=O)n2CCCN2CCOCC2)cc1. The molecule has 3 aromatic rings. The Morgan fingerprint density at radius 2 is 1.81 bits per heavy atom. The first-order valence-electron chi connectivity index (χ1n) is 11.1. The lowest BCUT2D eigenvalue weighted by molar-refractivity contribution is 0.0368. The van der Waals surface area contributed by atoms with Gasteiger partial charge < -0.3 is 4.74 Å². The highest BCUT2D eigenvalue weighted by Gasteiger charge is 2.21. The fraction of sp³-hybridized carbons (Fsp3) is 0.400. The number of morpholine rings is 1. The van der Waals surface area contributed by atoms with E-state index in [4.69, 9.17) is 9.72 Å². The first-order valence-corrected chi connectivity index (χ1v) is 12.0. The molecule has 0 saturated carbocycles. The number of carbonyl (C=O) groups is 1. The van der Waals surface area contributed by atoms with Gasteiger partial charge in [0.05, 0.1) is 29.4 Å². The van der Waals surface area contributed by atoms with E-state index in [0.717, 1.165) is 44.8 Å². The van der Waals surface area contributed by atoms with E-state index in [0.29, 0.717) is 28.2 Å². The molecule has 4 rings (SSSR count). The number of hydrogen-bond donors (Lipinski definition) is 0. The van der Waals surface area contributed by atoms with E-state index in [-0.39, 0.29) is 16.6 Å². The molecule has 32 heavy (non-hydrogen) atoms. The van der Waals surface area contributed by atoms with Gasteiger partial charge in [-0.15, -0.1) is 0 Å². The van der Waals surface area contributed by atoms with Crippen LogP contribution in [0.4, 0.5) is 0 Å². The van der Waals surface area contributed by atoms with Gasteiger partial charge in [-0.1, -0.05) is 53.7 Å². The predicted octanol–water partition coefficient (Wildman–Crippen LogP) is 3.79. The molecule has 1 saturated heterocycles. The molecule has 1 unspecified atom stereocenters. The van der Waals surface area contributed by atoms with E-state index < -0.39 is 0 Å². The molecule has 1 aliphatic heterocycles. The zero-order valence-corrected chi connectivity index (χ0v) is 19.4. The predicted molar refractivity (Wildman–Crippen MR) is 129 cm³/mol. The van der Waals surface area contributed by atoms with Crippen molar-refractivity contribution < 1.29 is 9.53 Å². The zero-order valence-electron chi connectivity index (χ0n) is 18.6. The number of nitrogens with zero attached hydrogens (tertiary/aromatic N) is 3. The summed E-state index contributed by atoms with van der Waals surface area (Å²) in [7, 11) is 0. The van der Waals surface area contributed by atoms with E-state index >= 15 is 0 Å². The third-order valence-corrected chi connectivity index (χ3v) is 6.86. The number of ether oxygens (including phenoxy) is 1. The first-order chi connectivity index (χ1) is 15.5. The van der Waals surface area contributed by atoms with Crippen molar-refractivity contribution in [3.8, 4) is 0 Å². The molecule has 1 aliphatic rings. The fourth-order valence-electron chi connectivity index (χ4n) is 3.88. The van der Waals surface area contributed by atoms with E-state index in [1.165, 1.54) is 11.8 Å². The Kier molecular flexibility index (Phi) is 7.40. The Morgan fingerprint density at radius 1 is 1.09 bits per heavy atom. The molecule has 0 amide bonds. The van der Waals surface area contributed by atoms with Gasteiger partial charge >= 0.3 is 0 Å². The summed E-state index contributed by atoms with van der Waals surface area (Å²) in [6, 6.07) is 15.0. The van der Waals surface area contributed by atoms with Crippen molar-refractivity contribution in [2.45, 2.75) is 37.2 Å². The Morgan fingerprint density at radius 3 is 2.56 bits per heavy atom. The second-order valence-corrected chi connectivity index (χ2v) is 9.47. The maximum Gasteiger partial charge on any atom is 0.262 e. The lowest BCUT2D eigenvalue weighted by Gasteiger charge is -2.26. The lowest BCUT2D eigenvalue weighted by Crippen LogP contribution is -2.37. The summed E-state index contributed by atoms with van der Waals surface area (Å²) in [4.78, 5) is 33.4. The van der Waals surface area contributed by atoms with Gasteiger partial charge in [0.15, 0.2) is 10.9 Å². The summed E-state index contributed by atoms with van der Waals surface area (Å²) < 4.78 is 7.16. The normalized spacial score (nSPS) is 15.7. The molecule has 1 aromatic heterocycles. The van der Waals surface area contributed by atoms with Gasteiger partial charge in [0.25, 0.3) is 5.56 Å². The second-order valence-electron chi connectivity index (χ2n) is 8.17. The third kappa shape index (κ3) is 5.28. The summed E-state index contributed by atoms with van der Waals surface area (Å²) in [5, 5.41) is 0.862. The van der Waals surface area contributed by atoms with Crippen LogP contribution in [-0.4, -0.2) is 58.3 Å². The van der Waals surface area contributed by atoms with Crippen molar-refractivity contribution in [3.63, 3.8) is 0 Å². The topological polar surface area (TPSA) is 64.4 Å². The largest absolute Gasteiger partial charge is 0.379 e. The molecule has 1 atom stereocenters. The number of thioether (sulfide) groups is 1. The number of fused-ring (bicyclic) bond motifs is 1. The molecule has 0 bridgehead atoms. The van der Waals surface area contributed by atoms with Gasteiger partial charge in [-0.05, 0) is 32.4 Å². The molecule has 2 heterocycles. The van der Waals surface area contributed by atoms with Crippen molar-refractivity contribution in [1.82, 2.24) is 14.5 Å². The highest BCUT2D eigenvalue weighted by atomic mass is 32.2. The Balaban J connectivity index is 1.56. The number of Topliss-reactive ketones (excluding diaryl/α,β-unsaturated/α-hetero) is 1. The highest BCUT2D eigenvalue weighted by molar-refractivity contribution is 8.00. The first kappa shape index (κ1) is 22.7. The van der Waals surface area contributed by atoms with E-state index in [2.05, 4.69) is 4.90 Å². The average Bonchev–Trinajstić information content (AvgIpc) is 2.82. The van der Waals surface area contributed by atoms with Crippen LogP contribution in [0.15, 0.2) is 58.5 Å². The molecule has 0 N–H and O–H groups in total. The van der Waals surface area contributed by atoms with Crippen molar-refractivity contribution in [2.75, 3.05) is 32.8 Å². The monoisotopic (exact) mass is 451 g/mol. The van der Waals surface area contributed by atoms with Crippen LogP contribution >= 0.6 is 11.8 Å². The molecule has 1 fully saturated rings. The number of aromatic nitrogens is 2. The number of para-hydroxylation sites is 1. The molecule has 0 radical (unpaired) electrons. The summed E-state index contributed by atoms with van der Waals surface area (Å²) in [5.74, 6) is 0.0391.